The highest BCUT2D eigenvalue weighted by Gasteiger charge is 2.20. The molecule has 7 heteroatoms. The molecule has 2 aromatic rings. The van der Waals surface area contributed by atoms with Crippen LogP contribution in [0.4, 0.5) is 10.1 Å². The number of nitrogens with zero attached hydrogens (tertiary/aromatic N) is 2. The molecule has 1 atom stereocenters. The third kappa shape index (κ3) is 5.42. The fourth-order valence-electron chi connectivity index (χ4n) is 2.97. The van der Waals surface area contributed by atoms with E-state index in [9.17, 15) is 9.50 Å². The maximum absolute atomic E-state index is 13.0. The lowest BCUT2D eigenvalue weighted by molar-refractivity contribution is 0.0660. The van der Waals surface area contributed by atoms with E-state index < -0.39 is 6.10 Å². The first-order valence-corrected chi connectivity index (χ1v) is 10.1. The van der Waals surface area contributed by atoms with Crippen LogP contribution >= 0.6 is 31.9 Å². The fourth-order valence-corrected chi connectivity index (χ4v) is 4.13. The SMILES string of the molecule is O[C@@H](COc1ccc(Br)cc1Br)CN1CCN(c2ccc(F)cc2)CC1. The molecule has 0 unspecified atom stereocenters. The number of benzene rings is 2. The second kappa shape index (κ2) is 9.17. The molecule has 0 saturated carbocycles. The molecule has 1 N–H and O–H groups in total. The normalized spacial score (nSPS) is 16.5. The molecular formula is C19H21Br2FN2O2. The van der Waals surface area contributed by atoms with Crippen molar-refractivity contribution >= 4 is 37.5 Å². The number of anilines is 1. The zero-order chi connectivity index (χ0) is 18.5. The van der Waals surface area contributed by atoms with Crippen LogP contribution in [0.15, 0.2) is 51.4 Å². The smallest absolute Gasteiger partial charge is 0.133 e. The third-order valence-electron chi connectivity index (χ3n) is 4.36. The lowest BCUT2D eigenvalue weighted by Gasteiger charge is -2.36. The van der Waals surface area contributed by atoms with E-state index >= 15 is 0 Å². The number of aliphatic hydroxyl groups excluding tert-OH is 1. The molecule has 0 spiro atoms. The van der Waals surface area contributed by atoms with E-state index in [2.05, 4.69) is 41.7 Å². The van der Waals surface area contributed by atoms with Crippen molar-refractivity contribution < 1.29 is 14.2 Å². The van der Waals surface area contributed by atoms with Crippen LogP contribution < -0.4 is 9.64 Å². The van der Waals surface area contributed by atoms with Crippen LogP contribution in [-0.2, 0) is 0 Å². The number of β-amino-alcohol motifs (C(OH)–C–C–N with tert-alkyl or cyclic N) is 1. The number of aliphatic hydroxyl groups is 1. The van der Waals surface area contributed by atoms with Gasteiger partial charge in [-0.1, -0.05) is 15.9 Å². The minimum absolute atomic E-state index is 0.215. The van der Waals surface area contributed by atoms with Crippen LogP contribution in [0.5, 0.6) is 5.75 Å². The van der Waals surface area contributed by atoms with Crippen molar-refractivity contribution in [2.45, 2.75) is 6.10 Å². The number of halogens is 3. The van der Waals surface area contributed by atoms with Crippen molar-refractivity contribution in [2.75, 3.05) is 44.2 Å². The van der Waals surface area contributed by atoms with Gasteiger partial charge in [-0.25, -0.2) is 4.39 Å². The Morgan fingerprint density at radius 3 is 2.38 bits per heavy atom. The van der Waals surface area contributed by atoms with Crippen molar-refractivity contribution in [3.05, 3.63) is 57.2 Å². The molecule has 1 aliphatic heterocycles. The summed E-state index contributed by atoms with van der Waals surface area (Å²) in [5.74, 6) is 0.501. The van der Waals surface area contributed by atoms with Crippen molar-refractivity contribution in [3.63, 3.8) is 0 Å². The summed E-state index contributed by atoms with van der Waals surface area (Å²) in [5, 5.41) is 10.3. The Labute approximate surface area is 169 Å². The summed E-state index contributed by atoms with van der Waals surface area (Å²) in [6, 6.07) is 12.3. The molecule has 1 saturated heterocycles. The Bertz CT molecular complexity index is 722. The van der Waals surface area contributed by atoms with Crippen LogP contribution in [0.3, 0.4) is 0 Å². The Morgan fingerprint density at radius 2 is 1.73 bits per heavy atom. The zero-order valence-corrected chi connectivity index (χ0v) is 17.4. The molecule has 0 aliphatic carbocycles. The van der Waals surface area contributed by atoms with Crippen LogP contribution in [0.2, 0.25) is 0 Å². The van der Waals surface area contributed by atoms with Gasteiger partial charge in [0.2, 0.25) is 0 Å². The molecule has 0 aromatic heterocycles. The van der Waals surface area contributed by atoms with Gasteiger partial charge in [0.25, 0.3) is 0 Å². The number of hydrogen-bond donors (Lipinski definition) is 1. The summed E-state index contributed by atoms with van der Waals surface area (Å²) in [4.78, 5) is 4.46. The molecule has 2 aromatic carbocycles. The number of piperazine rings is 1. The third-order valence-corrected chi connectivity index (χ3v) is 5.47. The topological polar surface area (TPSA) is 35.9 Å². The van der Waals surface area contributed by atoms with E-state index in [1.54, 1.807) is 0 Å². The number of rotatable bonds is 6. The highest BCUT2D eigenvalue weighted by atomic mass is 79.9. The van der Waals surface area contributed by atoms with Gasteiger partial charge in [-0.3, -0.25) is 4.90 Å². The molecule has 4 nitrogen and oxygen atoms in total. The van der Waals surface area contributed by atoms with Gasteiger partial charge in [0.15, 0.2) is 0 Å². The zero-order valence-electron chi connectivity index (χ0n) is 14.2. The van der Waals surface area contributed by atoms with E-state index in [-0.39, 0.29) is 12.4 Å². The first kappa shape index (κ1) is 19.6. The second-order valence-corrected chi connectivity index (χ2v) is 8.07. The van der Waals surface area contributed by atoms with Crippen LogP contribution in [-0.4, -0.2) is 55.4 Å². The van der Waals surface area contributed by atoms with Gasteiger partial charge in [-0.15, -0.1) is 0 Å². The summed E-state index contributed by atoms with van der Waals surface area (Å²) < 4.78 is 20.6. The molecule has 0 amide bonds. The standard InChI is InChI=1S/C19H21Br2FN2O2/c20-14-1-6-19(18(21)11-14)26-13-17(25)12-23-7-9-24(10-8-23)16-4-2-15(22)3-5-16/h1-6,11,17,25H,7-10,12-13H2/t17-/m1/s1. The van der Waals surface area contributed by atoms with E-state index in [1.165, 1.54) is 12.1 Å². The second-order valence-electron chi connectivity index (χ2n) is 6.30. The van der Waals surface area contributed by atoms with Gasteiger partial charge >= 0.3 is 0 Å². The molecular weight excluding hydrogens is 467 g/mol. The molecule has 26 heavy (non-hydrogen) atoms. The lowest BCUT2D eigenvalue weighted by Crippen LogP contribution is -2.49. The minimum atomic E-state index is -0.553. The summed E-state index contributed by atoms with van der Waals surface area (Å²) in [5.41, 5.74) is 1.04. The lowest BCUT2D eigenvalue weighted by atomic mass is 10.2. The van der Waals surface area contributed by atoms with Crippen molar-refractivity contribution in [1.82, 2.24) is 4.90 Å². The van der Waals surface area contributed by atoms with Crippen molar-refractivity contribution in [2.24, 2.45) is 0 Å². The average Bonchev–Trinajstić information content (AvgIpc) is 2.62. The Hall–Kier alpha value is -1.15. The monoisotopic (exact) mass is 486 g/mol. The number of ether oxygens (including phenoxy) is 1. The van der Waals surface area contributed by atoms with Crippen LogP contribution in [0.1, 0.15) is 0 Å². The van der Waals surface area contributed by atoms with Crippen LogP contribution in [0.25, 0.3) is 0 Å². The van der Waals surface area contributed by atoms with Gasteiger partial charge < -0.3 is 14.7 Å². The molecule has 0 bridgehead atoms. The highest BCUT2D eigenvalue weighted by molar-refractivity contribution is 9.11. The Kier molecular flexibility index (Phi) is 6.92. The maximum Gasteiger partial charge on any atom is 0.133 e. The van der Waals surface area contributed by atoms with Crippen molar-refractivity contribution in [1.29, 1.82) is 0 Å². The number of hydrogen-bond acceptors (Lipinski definition) is 4. The predicted molar refractivity (Wildman–Crippen MR) is 108 cm³/mol. The van der Waals surface area contributed by atoms with Gasteiger partial charge in [-0.2, -0.15) is 0 Å². The Balaban J connectivity index is 1.43. The first-order chi connectivity index (χ1) is 12.5. The van der Waals surface area contributed by atoms with E-state index in [0.29, 0.717) is 12.3 Å². The molecule has 1 heterocycles. The van der Waals surface area contributed by atoms with E-state index in [0.717, 1.165) is 40.8 Å². The van der Waals surface area contributed by atoms with Crippen LogP contribution in [0, 0.1) is 5.82 Å². The first-order valence-electron chi connectivity index (χ1n) is 8.50. The summed E-state index contributed by atoms with van der Waals surface area (Å²) in [6.45, 7) is 4.26. The minimum Gasteiger partial charge on any atom is -0.490 e. The van der Waals surface area contributed by atoms with Gasteiger partial charge in [0, 0.05) is 42.9 Å². The largest absolute Gasteiger partial charge is 0.490 e. The molecule has 140 valence electrons. The molecule has 1 fully saturated rings. The average molecular weight is 488 g/mol. The highest BCUT2D eigenvalue weighted by Crippen LogP contribution is 2.28. The fraction of sp³-hybridized carbons (Fsp3) is 0.368. The van der Waals surface area contributed by atoms with E-state index in [1.807, 2.05) is 30.3 Å². The molecule has 3 rings (SSSR count). The quantitative estimate of drug-likeness (QED) is 0.670. The Morgan fingerprint density at radius 1 is 1.04 bits per heavy atom. The van der Waals surface area contributed by atoms with Gasteiger partial charge in [0.05, 0.1) is 4.47 Å². The summed E-state index contributed by atoms with van der Waals surface area (Å²) >= 11 is 6.86. The van der Waals surface area contributed by atoms with Crippen molar-refractivity contribution in [3.8, 4) is 5.75 Å². The summed E-state index contributed by atoms with van der Waals surface area (Å²) in [7, 11) is 0. The summed E-state index contributed by atoms with van der Waals surface area (Å²) in [6.07, 6.45) is -0.553. The predicted octanol–water partition coefficient (Wildman–Crippen LogP) is 3.91. The molecule has 1 aliphatic rings. The molecule has 0 radical (unpaired) electrons. The van der Waals surface area contributed by atoms with E-state index in [4.69, 9.17) is 4.74 Å². The van der Waals surface area contributed by atoms with Gasteiger partial charge in [0.1, 0.15) is 24.3 Å². The van der Waals surface area contributed by atoms with Gasteiger partial charge in [-0.05, 0) is 58.4 Å². The maximum atomic E-state index is 13.0.